The van der Waals surface area contributed by atoms with Crippen LogP contribution in [0.1, 0.15) is 78.6 Å². The fraction of sp³-hybridized carbons (Fsp3) is 0.933. The molecule has 0 bridgehead atoms. The molecule has 0 aromatic carbocycles. The molecule has 0 aromatic heterocycles. The summed E-state index contributed by atoms with van der Waals surface area (Å²) in [6, 6.07) is 0.189. The zero-order valence-electron chi connectivity index (χ0n) is 12.3. The predicted molar refractivity (Wildman–Crippen MR) is 80.1 cm³/mol. The average molecular weight is 276 g/mol. The smallest absolute Gasteiger partial charge is 0.220 e. The zero-order valence-corrected chi connectivity index (χ0v) is 13.1. The number of alkyl halides is 1. The van der Waals surface area contributed by atoms with Gasteiger partial charge in [0, 0.05) is 17.8 Å². The number of unbranched alkanes of at least 4 members (excludes halogenated alkanes) is 6. The Balaban J connectivity index is 3.36. The van der Waals surface area contributed by atoms with Crippen LogP contribution in [-0.2, 0) is 4.79 Å². The first-order valence-electron chi connectivity index (χ1n) is 7.49. The molecule has 0 spiro atoms. The number of hydrogen-bond donors (Lipinski definition) is 1. The normalized spacial score (nSPS) is 14.2. The van der Waals surface area contributed by atoms with Gasteiger partial charge in [0.25, 0.3) is 0 Å². The van der Waals surface area contributed by atoms with Crippen molar-refractivity contribution in [2.45, 2.75) is 90.0 Å². The van der Waals surface area contributed by atoms with Crippen LogP contribution in [-0.4, -0.2) is 17.3 Å². The Bertz CT molecular complexity index is 207. The summed E-state index contributed by atoms with van der Waals surface area (Å²) in [5.41, 5.74) is 0. The molecule has 0 saturated carbocycles. The van der Waals surface area contributed by atoms with Crippen molar-refractivity contribution < 1.29 is 4.79 Å². The highest BCUT2D eigenvalue weighted by Gasteiger charge is 2.09. The fourth-order valence-electron chi connectivity index (χ4n) is 2.14. The van der Waals surface area contributed by atoms with Crippen LogP contribution >= 0.6 is 11.6 Å². The van der Waals surface area contributed by atoms with E-state index in [2.05, 4.69) is 12.2 Å². The van der Waals surface area contributed by atoms with Gasteiger partial charge in [0.2, 0.25) is 5.91 Å². The van der Waals surface area contributed by atoms with Crippen molar-refractivity contribution in [3.8, 4) is 0 Å². The summed E-state index contributed by atoms with van der Waals surface area (Å²) < 4.78 is 0. The average Bonchev–Trinajstić information content (AvgIpc) is 2.26. The van der Waals surface area contributed by atoms with Crippen molar-refractivity contribution >= 4 is 17.5 Å². The Hall–Kier alpha value is -0.240. The van der Waals surface area contributed by atoms with Crippen molar-refractivity contribution in [3.63, 3.8) is 0 Å². The first-order chi connectivity index (χ1) is 8.56. The predicted octanol–water partition coefficient (Wildman–Crippen LogP) is 4.65. The highest BCUT2D eigenvalue weighted by atomic mass is 35.5. The van der Waals surface area contributed by atoms with Crippen LogP contribution in [0.2, 0.25) is 0 Å². The van der Waals surface area contributed by atoms with E-state index in [9.17, 15) is 4.79 Å². The lowest BCUT2D eigenvalue weighted by Gasteiger charge is -2.14. The molecular formula is C15H30ClNO. The Morgan fingerprint density at radius 1 is 1.06 bits per heavy atom. The first-order valence-corrected chi connectivity index (χ1v) is 7.93. The highest BCUT2D eigenvalue weighted by molar-refractivity contribution is 6.20. The van der Waals surface area contributed by atoms with Crippen LogP contribution in [0.4, 0.5) is 0 Å². The van der Waals surface area contributed by atoms with Gasteiger partial charge in [-0.2, -0.15) is 0 Å². The maximum atomic E-state index is 11.6. The molecule has 3 heteroatoms. The molecule has 2 atom stereocenters. The minimum atomic E-state index is 0.124. The Morgan fingerprint density at radius 2 is 1.61 bits per heavy atom. The molecule has 1 amide bonds. The summed E-state index contributed by atoms with van der Waals surface area (Å²) in [6.45, 7) is 6.20. The van der Waals surface area contributed by atoms with Gasteiger partial charge >= 0.3 is 0 Å². The van der Waals surface area contributed by atoms with Gasteiger partial charge in [0.15, 0.2) is 0 Å². The largest absolute Gasteiger partial charge is 0.354 e. The third kappa shape index (κ3) is 12.2. The van der Waals surface area contributed by atoms with Gasteiger partial charge in [0.05, 0.1) is 0 Å². The van der Waals surface area contributed by atoms with Crippen LogP contribution in [0.5, 0.6) is 0 Å². The molecule has 18 heavy (non-hydrogen) atoms. The number of rotatable bonds is 11. The van der Waals surface area contributed by atoms with Crippen molar-refractivity contribution in [1.82, 2.24) is 5.32 Å². The number of nitrogens with one attached hydrogen (secondary N) is 1. The van der Waals surface area contributed by atoms with Gasteiger partial charge in [-0.3, -0.25) is 4.79 Å². The second kappa shape index (κ2) is 11.8. The van der Waals surface area contributed by atoms with Crippen molar-refractivity contribution in [1.29, 1.82) is 0 Å². The quantitative estimate of drug-likeness (QED) is 0.432. The van der Waals surface area contributed by atoms with Crippen LogP contribution < -0.4 is 5.32 Å². The number of halogens is 1. The van der Waals surface area contributed by atoms with E-state index in [1.165, 1.54) is 38.5 Å². The third-order valence-electron chi connectivity index (χ3n) is 3.09. The molecular weight excluding hydrogens is 246 g/mol. The van der Waals surface area contributed by atoms with Gasteiger partial charge < -0.3 is 5.32 Å². The summed E-state index contributed by atoms with van der Waals surface area (Å²) in [5.74, 6) is 0.174. The lowest BCUT2D eigenvalue weighted by Crippen LogP contribution is -2.33. The van der Waals surface area contributed by atoms with Crippen molar-refractivity contribution in [3.05, 3.63) is 0 Å². The van der Waals surface area contributed by atoms with Crippen molar-refractivity contribution in [2.24, 2.45) is 0 Å². The van der Waals surface area contributed by atoms with Crippen LogP contribution in [0.15, 0.2) is 0 Å². The summed E-state index contributed by atoms with van der Waals surface area (Å²) >= 11 is 5.89. The summed E-state index contributed by atoms with van der Waals surface area (Å²) in [6.07, 6.45) is 10.2. The van der Waals surface area contributed by atoms with Crippen LogP contribution in [0, 0.1) is 0 Å². The molecule has 0 aliphatic rings. The molecule has 1 N–H and O–H groups in total. The van der Waals surface area contributed by atoms with E-state index in [1.54, 1.807) is 0 Å². The van der Waals surface area contributed by atoms with Gasteiger partial charge in [-0.25, -0.2) is 0 Å². The van der Waals surface area contributed by atoms with E-state index in [4.69, 9.17) is 11.6 Å². The minimum Gasteiger partial charge on any atom is -0.354 e. The maximum Gasteiger partial charge on any atom is 0.220 e. The summed E-state index contributed by atoms with van der Waals surface area (Å²) in [5, 5.41) is 3.12. The second-order valence-electron chi connectivity index (χ2n) is 5.36. The SMILES string of the molecule is CCCCCCCCCC(=O)NC(C)CC(C)Cl. The Labute approximate surface area is 118 Å². The van der Waals surface area contributed by atoms with E-state index in [-0.39, 0.29) is 17.3 Å². The van der Waals surface area contributed by atoms with Gasteiger partial charge in [-0.15, -0.1) is 11.6 Å². The van der Waals surface area contributed by atoms with E-state index < -0.39 is 0 Å². The molecule has 2 unspecified atom stereocenters. The molecule has 0 heterocycles. The lowest BCUT2D eigenvalue weighted by molar-refractivity contribution is -0.121. The zero-order chi connectivity index (χ0) is 13.8. The molecule has 0 rings (SSSR count). The van der Waals surface area contributed by atoms with Gasteiger partial charge in [0.1, 0.15) is 0 Å². The number of hydrogen-bond acceptors (Lipinski definition) is 1. The molecule has 0 aromatic rings. The Morgan fingerprint density at radius 3 is 2.17 bits per heavy atom. The lowest BCUT2D eigenvalue weighted by atomic mass is 10.1. The topological polar surface area (TPSA) is 29.1 Å². The molecule has 0 aliphatic carbocycles. The fourth-order valence-corrected chi connectivity index (χ4v) is 2.40. The number of carbonyl (C=O) groups is 1. The standard InChI is InChI=1S/C15H30ClNO/c1-4-5-6-7-8-9-10-11-15(18)17-14(3)12-13(2)16/h13-14H,4-12H2,1-3H3,(H,17,18). The Kier molecular flexibility index (Phi) is 11.7. The number of carbonyl (C=O) groups excluding carboxylic acids is 1. The van der Waals surface area contributed by atoms with E-state index in [1.807, 2.05) is 13.8 Å². The van der Waals surface area contributed by atoms with Crippen molar-refractivity contribution in [2.75, 3.05) is 0 Å². The van der Waals surface area contributed by atoms with Crippen LogP contribution in [0.3, 0.4) is 0 Å². The minimum absolute atomic E-state index is 0.124. The molecule has 0 saturated heterocycles. The van der Waals surface area contributed by atoms with Gasteiger partial charge in [-0.1, -0.05) is 45.4 Å². The molecule has 2 nitrogen and oxygen atoms in total. The monoisotopic (exact) mass is 275 g/mol. The van der Waals surface area contributed by atoms with E-state index in [0.717, 1.165) is 12.8 Å². The molecule has 108 valence electrons. The number of amides is 1. The van der Waals surface area contributed by atoms with E-state index in [0.29, 0.717) is 6.42 Å². The molecule has 0 aliphatic heterocycles. The summed E-state index contributed by atoms with van der Waals surface area (Å²) in [7, 11) is 0. The first kappa shape index (κ1) is 17.8. The highest BCUT2D eigenvalue weighted by Crippen LogP contribution is 2.09. The van der Waals surface area contributed by atoms with Gasteiger partial charge in [-0.05, 0) is 26.7 Å². The maximum absolute atomic E-state index is 11.6. The van der Waals surface area contributed by atoms with Crippen LogP contribution in [0.25, 0.3) is 0 Å². The summed E-state index contributed by atoms with van der Waals surface area (Å²) in [4.78, 5) is 11.6. The molecule has 0 fully saturated rings. The second-order valence-corrected chi connectivity index (χ2v) is 6.10. The molecule has 0 radical (unpaired) electrons. The third-order valence-corrected chi connectivity index (χ3v) is 3.27. The van der Waals surface area contributed by atoms with E-state index >= 15 is 0 Å².